The molecule has 0 aliphatic heterocycles. The standard InChI is InChI=1S/C19H12N4O3S3/c24-15-7-11(22-19-23(15)13-3-1-2-4-14(13)29-19)8-26-16(25)9-28-18-12-5-6-27-17(12)20-10-21-18/h1-7,10H,8-9H2. The van der Waals surface area contributed by atoms with Crippen molar-refractivity contribution in [3.63, 3.8) is 0 Å². The zero-order valence-corrected chi connectivity index (χ0v) is 17.2. The van der Waals surface area contributed by atoms with Crippen LogP contribution >= 0.6 is 34.4 Å². The highest BCUT2D eigenvalue weighted by Crippen LogP contribution is 2.27. The van der Waals surface area contributed by atoms with Crippen molar-refractivity contribution in [3.05, 3.63) is 64.2 Å². The summed E-state index contributed by atoms with van der Waals surface area (Å²) in [6.45, 7) is -0.0446. The fourth-order valence-corrected chi connectivity index (χ4v) is 5.53. The summed E-state index contributed by atoms with van der Waals surface area (Å²) in [4.78, 5) is 39.0. The summed E-state index contributed by atoms with van der Waals surface area (Å²) >= 11 is 4.26. The highest BCUT2D eigenvalue weighted by Gasteiger charge is 2.12. The van der Waals surface area contributed by atoms with Crippen molar-refractivity contribution in [2.45, 2.75) is 11.6 Å². The Morgan fingerprint density at radius 3 is 3.03 bits per heavy atom. The van der Waals surface area contributed by atoms with Crippen LogP contribution in [0.15, 0.2) is 57.9 Å². The van der Waals surface area contributed by atoms with Crippen molar-refractivity contribution in [2.24, 2.45) is 0 Å². The third-order valence-corrected chi connectivity index (χ3v) is 7.00. The zero-order chi connectivity index (χ0) is 19.8. The minimum Gasteiger partial charge on any atom is -0.459 e. The molecule has 0 saturated carbocycles. The number of carbonyl (C=O) groups excluding carboxylic acids is 1. The molecule has 0 atom stereocenters. The lowest BCUT2D eigenvalue weighted by Crippen LogP contribution is -2.15. The van der Waals surface area contributed by atoms with Gasteiger partial charge in [0.2, 0.25) is 0 Å². The Labute approximate surface area is 176 Å². The number of thiophene rings is 1. The second-order valence-electron chi connectivity index (χ2n) is 6.04. The van der Waals surface area contributed by atoms with Gasteiger partial charge in [0.15, 0.2) is 4.96 Å². The predicted molar refractivity (Wildman–Crippen MR) is 115 cm³/mol. The van der Waals surface area contributed by atoms with Gasteiger partial charge in [-0.25, -0.2) is 15.0 Å². The minimum absolute atomic E-state index is 0.0446. The van der Waals surface area contributed by atoms with E-state index in [0.717, 1.165) is 25.5 Å². The van der Waals surface area contributed by atoms with E-state index in [1.807, 2.05) is 35.7 Å². The van der Waals surface area contributed by atoms with Crippen LogP contribution in [0.1, 0.15) is 5.69 Å². The first-order valence-corrected chi connectivity index (χ1v) is 11.2. The van der Waals surface area contributed by atoms with Crippen LogP contribution in [0.2, 0.25) is 0 Å². The molecule has 0 amide bonds. The van der Waals surface area contributed by atoms with Crippen molar-refractivity contribution < 1.29 is 9.53 Å². The van der Waals surface area contributed by atoms with Crippen LogP contribution in [0.5, 0.6) is 0 Å². The molecule has 0 aliphatic rings. The zero-order valence-electron chi connectivity index (χ0n) is 14.8. The van der Waals surface area contributed by atoms with E-state index in [0.29, 0.717) is 10.7 Å². The van der Waals surface area contributed by atoms with E-state index in [4.69, 9.17) is 4.74 Å². The summed E-state index contributed by atoms with van der Waals surface area (Å²) in [7, 11) is 0. The number of hydrogen-bond donors (Lipinski definition) is 0. The maximum absolute atomic E-state index is 12.5. The molecule has 0 spiro atoms. The summed E-state index contributed by atoms with van der Waals surface area (Å²) in [5.74, 6) is -0.276. The average molecular weight is 441 g/mol. The molecule has 7 nitrogen and oxygen atoms in total. The molecule has 1 aromatic carbocycles. The number of aromatic nitrogens is 4. The predicted octanol–water partition coefficient (Wildman–Crippen LogP) is 3.75. The van der Waals surface area contributed by atoms with Crippen LogP contribution < -0.4 is 5.56 Å². The van der Waals surface area contributed by atoms with Crippen molar-refractivity contribution >= 4 is 65.8 Å². The molecule has 0 unspecified atom stereocenters. The topological polar surface area (TPSA) is 86.5 Å². The third-order valence-electron chi connectivity index (χ3n) is 4.18. The van der Waals surface area contributed by atoms with Gasteiger partial charge in [-0.1, -0.05) is 35.2 Å². The van der Waals surface area contributed by atoms with Crippen molar-refractivity contribution in [2.75, 3.05) is 5.75 Å². The lowest BCUT2D eigenvalue weighted by Gasteiger charge is -2.05. The molecule has 10 heteroatoms. The normalized spacial score (nSPS) is 11.4. The first kappa shape index (κ1) is 18.2. The van der Waals surface area contributed by atoms with Gasteiger partial charge in [-0.2, -0.15) is 0 Å². The van der Waals surface area contributed by atoms with Crippen LogP contribution in [-0.4, -0.2) is 31.1 Å². The molecule has 4 aromatic heterocycles. The molecule has 0 N–H and O–H groups in total. The van der Waals surface area contributed by atoms with E-state index >= 15 is 0 Å². The smallest absolute Gasteiger partial charge is 0.316 e. The molecule has 5 aromatic rings. The Morgan fingerprint density at radius 1 is 1.21 bits per heavy atom. The number of thiazole rings is 1. The molecular formula is C19H12N4O3S3. The van der Waals surface area contributed by atoms with Gasteiger partial charge >= 0.3 is 5.97 Å². The van der Waals surface area contributed by atoms with Gasteiger partial charge in [0.05, 0.1) is 21.7 Å². The quantitative estimate of drug-likeness (QED) is 0.234. The number of nitrogens with zero attached hydrogens (tertiary/aromatic N) is 4. The number of thioether (sulfide) groups is 1. The number of rotatable bonds is 5. The highest BCUT2D eigenvalue weighted by atomic mass is 32.2. The molecule has 0 aliphatic carbocycles. The SMILES string of the molecule is O=C(CSc1ncnc2sccc12)OCc1cc(=O)n2c(n1)sc1ccccc12. The molecule has 144 valence electrons. The number of esters is 1. The third kappa shape index (κ3) is 3.50. The van der Waals surface area contributed by atoms with Crippen LogP contribution in [0.4, 0.5) is 0 Å². The number of ether oxygens (including phenoxy) is 1. The Balaban J connectivity index is 1.29. The molecular weight excluding hydrogens is 428 g/mol. The Bertz CT molecular complexity index is 1420. The molecule has 29 heavy (non-hydrogen) atoms. The van der Waals surface area contributed by atoms with Crippen molar-refractivity contribution in [1.29, 1.82) is 0 Å². The largest absolute Gasteiger partial charge is 0.459 e. The van der Waals surface area contributed by atoms with Gasteiger partial charge in [0.25, 0.3) is 5.56 Å². The molecule has 0 saturated heterocycles. The van der Waals surface area contributed by atoms with Crippen molar-refractivity contribution in [3.8, 4) is 0 Å². The molecule has 0 bridgehead atoms. The average Bonchev–Trinajstić information content (AvgIpc) is 3.35. The first-order valence-electron chi connectivity index (χ1n) is 8.56. The molecule has 0 radical (unpaired) electrons. The van der Waals surface area contributed by atoms with E-state index in [2.05, 4.69) is 15.0 Å². The first-order chi connectivity index (χ1) is 14.2. The van der Waals surface area contributed by atoms with Gasteiger partial charge in [0.1, 0.15) is 22.8 Å². The number of benzene rings is 1. The van der Waals surface area contributed by atoms with Crippen LogP contribution in [0, 0.1) is 0 Å². The van der Waals surface area contributed by atoms with Crippen molar-refractivity contribution in [1.82, 2.24) is 19.4 Å². The van der Waals surface area contributed by atoms with E-state index in [1.165, 1.54) is 46.8 Å². The minimum atomic E-state index is -0.393. The second kappa shape index (κ2) is 7.54. The molecule has 5 rings (SSSR count). The lowest BCUT2D eigenvalue weighted by molar-refractivity contribution is -0.141. The Kier molecular flexibility index (Phi) is 4.74. The maximum atomic E-state index is 12.5. The van der Waals surface area contributed by atoms with Crippen LogP contribution in [-0.2, 0) is 16.1 Å². The summed E-state index contributed by atoms with van der Waals surface area (Å²) in [6, 6.07) is 11.0. The van der Waals surface area contributed by atoms with Gasteiger partial charge in [-0.3, -0.25) is 14.0 Å². The Hall–Kier alpha value is -2.82. The van der Waals surface area contributed by atoms with E-state index < -0.39 is 5.97 Å². The number of hydrogen-bond acceptors (Lipinski definition) is 9. The van der Waals surface area contributed by atoms with E-state index in [9.17, 15) is 9.59 Å². The molecule has 0 fully saturated rings. The Morgan fingerprint density at radius 2 is 2.10 bits per heavy atom. The van der Waals surface area contributed by atoms with Crippen LogP contribution in [0.25, 0.3) is 25.4 Å². The number of para-hydroxylation sites is 1. The monoisotopic (exact) mass is 440 g/mol. The summed E-state index contributed by atoms with van der Waals surface area (Å²) in [5, 5.41) is 3.62. The summed E-state index contributed by atoms with van der Waals surface area (Å²) in [5.41, 5.74) is 1.07. The fraction of sp³-hybridized carbons (Fsp3) is 0.105. The number of carbonyl (C=O) groups is 1. The fourth-order valence-electron chi connectivity index (χ4n) is 2.90. The summed E-state index contributed by atoms with van der Waals surface area (Å²) < 4.78 is 7.87. The van der Waals surface area contributed by atoms with Crippen LogP contribution in [0.3, 0.4) is 0 Å². The van der Waals surface area contributed by atoms with Gasteiger partial charge in [0, 0.05) is 11.5 Å². The van der Waals surface area contributed by atoms with Gasteiger partial charge in [-0.05, 0) is 23.6 Å². The lowest BCUT2D eigenvalue weighted by atomic mass is 10.3. The molecule has 4 heterocycles. The van der Waals surface area contributed by atoms with E-state index in [1.54, 1.807) is 4.40 Å². The van der Waals surface area contributed by atoms with Gasteiger partial charge in [-0.15, -0.1) is 11.3 Å². The van der Waals surface area contributed by atoms with E-state index in [-0.39, 0.29) is 17.9 Å². The second-order valence-corrected chi connectivity index (χ2v) is 8.91. The maximum Gasteiger partial charge on any atom is 0.316 e. The van der Waals surface area contributed by atoms with Gasteiger partial charge < -0.3 is 4.74 Å². The highest BCUT2D eigenvalue weighted by molar-refractivity contribution is 8.00. The number of fused-ring (bicyclic) bond motifs is 4. The summed E-state index contributed by atoms with van der Waals surface area (Å²) in [6.07, 6.45) is 1.49.